The van der Waals surface area contributed by atoms with Crippen LogP contribution in [0.3, 0.4) is 0 Å². The first-order chi connectivity index (χ1) is 7.15. The predicted molar refractivity (Wildman–Crippen MR) is 70.4 cm³/mol. The molecule has 0 spiro atoms. The van der Waals surface area contributed by atoms with Crippen LogP contribution in [-0.2, 0) is 6.16 Å². The SMILES string of the molecule is CC[P+](CC)(CC)Cc1ccc(O)cc1. The Balaban J connectivity index is 2.78. The molecule has 84 valence electrons. The fourth-order valence-corrected chi connectivity index (χ4v) is 4.99. The van der Waals surface area contributed by atoms with Crippen LogP contribution < -0.4 is 0 Å². The topological polar surface area (TPSA) is 20.2 Å². The third-order valence-corrected chi connectivity index (χ3v) is 8.53. The number of aromatic hydroxyl groups is 1. The van der Waals surface area contributed by atoms with E-state index in [1.54, 1.807) is 12.1 Å². The lowest BCUT2D eigenvalue weighted by Gasteiger charge is -2.23. The number of phenolic OH excluding ortho intramolecular Hbond substituents is 1. The maximum absolute atomic E-state index is 9.24. The molecule has 0 bridgehead atoms. The van der Waals surface area contributed by atoms with E-state index in [-0.39, 0.29) is 0 Å². The highest BCUT2D eigenvalue weighted by Gasteiger charge is 2.30. The van der Waals surface area contributed by atoms with Crippen LogP contribution >= 0.6 is 7.26 Å². The molecule has 1 N–H and O–H groups in total. The predicted octanol–water partition coefficient (Wildman–Crippen LogP) is 3.97. The summed E-state index contributed by atoms with van der Waals surface area (Å²) < 4.78 is 0. The smallest absolute Gasteiger partial charge is 0.115 e. The van der Waals surface area contributed by atoms with E-state index in [2.05, 4.69) is 32.9 Å². The molecule has 0 aliphatic heterocycles. The molecule has 15 heavy (non-hydrogen) atoms. The molecule has 0 amide bonds. The van der Waals surface area contributed by atoms with Crippen molar-refractivity contribution in [1.82, 2.24) is 0 Å². The van der Waals surface area contributed by atoms with Gasteiger partial charge in [0.15, 0.2) is 0 Å². The zero-order chi connectivity index (χ0) is 11.3. The van der Waals surface area contributed by atoms with Gasteiger partial charge in [-0.05, 0) is 38.5 Å². The van der Waals surface area contributed by atoms with Crippen molar-refractivity contribution in [2.24, 2.45) is 0 Å². The van der Waals surface area contributed by atoms with E-state index in [1.807, 2.05) is 0 Å². The van der Waals surface area contributed by atoms with Crippen LogP contribution in [0.5, 0.6) is 5.75 Å². The number of benzene rings is 1. The second kappa shape index (κ2) is 5.51. The van der Waals surface area contributed by atoms with E-state index in [0.717, 1.165) is 0 Å². The van der Waals surface area contributed by atoms with Crippen LogP contribution in [-0.4, -0.2) is 23.6 Å². The Kier molecular flexibility index (Phi) is 4.60. The van der Waals surface area contributed by atoms with Crippen LogP contribution in [0, 0.1) is 0 Å². The molecule has 0 atom stereocenters. The molecule has 0 heterocycles. The minimum Gasteiger partial charge on any atom is -0.508 e. The highest BCUT2D eigenvalue weighted by Crippen LogP contribution is 2.60. The van der Waals surface area contributed by atoms with Crippen LogP contribution in [0.1, 0.15) is 26.3 Å². The summed E-state index contributed by atoms with van der Waals surface area (Å²) in [5.41, 5.74) is 1.38. The molecule has 0 fully saturated rings. The molecule has 0 aliphatic carbocycles. The average molecular weight is 225 g/mol. The summed E-state index contributed by atoms with van der Waals surface area (Å²) in [6, 6.07) is 7.71. The van der Waals surface area contributed by atoms with Crippen LogP contribution in [0.15, 0.2) is 24.3 Å². The Bertz CT molecular complexity index is 280. The van der Waals surface area contributed by atoms with Crippen LogP contribution in [0.4, 0.5) is 0 Å². The maximum Gasteiger partial charge on any atom is 0.115 e. The molecule has 0 aromatic heterocycles. The van der Waals surface area contributed by atoms with Crippen molar-refractivity contribution in [3.63, 3.8) is 0 Å². The lowest BCUT2D eigenvalue weighted by molar-refractivity contribution is 0.475. The van der Waals surface area contributed by atoms with Gasteiger partial charge in [-0.15, -0.1) is 0 Å². The van der Waals surface area contributed by atoms with E-state index in [0.29, 0.717) is 5.75 Å². The van der Waals surface area contributed by atoms with Crippen molar-refractivity contribution in [2.45, 2.75) is 26.9 Å². The van der Waals surface area contributed by atoms with Gasteiger partial charge in [-0.1, -0.05) is 12.1 Å². The zero-order valence-corrected chi connectivity index (χ0v) is 10.9. The molecule has 1 nitrogen and oxygen atoms in total. The van der Waals surface area contributed by atoms with Crippen molar-refractivity contribution in [3.8, 4) is 5.75 Å². The third kappa shape index (κ3) is 3.21. The maximum atomic E-state index is 9.24. The van der Waals surface area contributed by atoms with E-state index in [1.165, 1.54) is 30.2 Å². The Labute approximate surface area is 93.9 Å². The van der Waals surface area contributed by atoms with Gasteiger partial charge in [0, 0.05) is 7.26 Å². The number of phenols is 1. The standard InChI is InChI=1S/C13H21OP/c1-4-15(5-2,6-3)11-12-7-9-13(14)10-8-12/h7-10H,4-6,11H2,1-3H3/p+1. The third-order valence-electron chi connectivity index (χ3n) is 3.47. The lowest BCUT2D eigenvalue weighted by atomic mass is 10.2. The summed E-state index contributed by atoms with van der Waals surface area (Å²) in [4.78, 5) is 0. The molecule has 0 saturated carbocycles. The van der Waals surface area contributed by atoms with Gasteiger partial charge in [-0.25, -0.2) is 0 Å². The number of hydrogen-bond donors (Lipinski definition) is 1. The van der Waals surface area contributed by atoms with Gasteiger partial charge in [0.05, 0.1) is 24.6 Å². The first-order valence-electron chi connectivity index (χ1n) is 5.78. The second-order valence-corrected chi connectivity index (χ2v) is 9.01. The Hall–Kier alpha value is -0.550. The van der Waals surface area contributed by atoms with Gasteiger partial charge in [-0.2, -0.15) is 0 Å². The van der Waals surface area contributed by atoms with Gasteiger partial charge in [0.1, 0.15) is 5.75 Å². The zero-order valence-electron chi connectivity index (χ0n) is 10.0. The number of hydrogen-bond acceptors (Lipinski definition) is 1. The fraction of sp³-hybridized carbons (Fsp3) is 0.538. The van der Waals surface area contributed by atoms with E-state index >= 15 is 0 Å². The fourth-order valence-electron chi connectivity index (χ4n) is 1.99. The summed E-state index contributed by atoms with van der Waals surface area (Å²) in [6.45, 7) is 6.96. The van der Waals surface area contributed by atoms with Crippen molar-refractivity contribution >= 4 is 7.26 Å². The van der Waals surface area contributed by atoms with Crippen LogP contribution in [0.25, 0.3) is 0 Å². The van der Waals surface area contributed by atoms with E-state index < -0.39 is 7.26 Å². The molecular weight excluding hydrogens is 203 g/mol. The average Bonchev–Trinajstić information content (AvgIpc) is 2.29. The van der Waals surface area contributed by atoms with E-state index in [9.17, 15) is 5.11 Å². The normalized spacial score (nSPS) is 11.7. The van der Waals surface area contributed by atoms with Gasteiger partial charge >= 0.3 is 0 Å². The summed E-state index contributed by atoms with van der Waals surface area (Å²) in [6.07, 6.45) is 5.24. The summed E-state index contributed by atoms with van der Waals surface area (Å²) in [7, 11) is -0.758. The molecular formula is C13H22OP+. The summed E-state index contributed by atoms with van der Waals surface area (Å²) in [5, 5.41) is 9.24. The van der Waals surface area contributed by atoms with Gasteiger partial charge in [0.25, 0.3) is 0 Å². The molecule has 1 aromatic carbocycles. The second-order valence-electron chi connectivity index (χ2n) is 4.11. The van der Waals surface area contributed by atoms with Gasteiger partial charge in [-0.3, -0.25) is 0 Å². The molecule has 0 aliphatic rings. The van der Waals surface area contributed by atoms with Gasteiger partial charge < -0.3 is 5.11 Å². The summed E-state index contributed by atoms with van der Waals surface area (Å²) in [5.74, 6) is 0.368. The highest BCUT2D eigenvalue weighted by molar-refractivity contribution is 7.75. The van der Waals surface area contributed by atoms with E-state index in [4.69, 9.17) is 0 Å². The molecule has 1 rings (SSSR count). The lowest BCUT2D eigenvalue weighted by Crippen LogP contribution is -2.05. The summed E-state index contributed by atoms with van der Waals surface area (Å²) >= 11 is 0. The Morgan fingerprint density at radius 3 is 1.80 bits per heavy atom. The Morgan fingerprint density at radius 1 is 0.933 bits per heavy atom. The minimum atomic E-state index is -0.758. The first kappa shape index (κ1) is 12.5. The highest BCUT2D eigenvalue weighted by atomic mass is 31.2. The Morgan fingerprint density at radius 2 is 1.40 bits per heavy atom. The molecule has 0 unspecified atom stereocenters. The van der Waals surface area contributed by atoms with Crippen molar-refractivity contribution in [1.29, 1.82) is 0 Å². The van der Waals surface area contributed by atoms with Crippen molar-refractivity contribution < 1.29 is 5.11 Å². The molecule has 1 aromatic rings. The number of rotatable bonds is 5. The van der Waals surface area contributed by atoms with Crippen molar-refractivity contribution in [2.75, 3.05) is 18.5 Å². The quantitative estimate of drug-likeness (QED) is 0.752. The van der Waals surface area contributed by atoms with Gasteiger partial charge in [0.2, 0.25) is 0 Å². The minimum absolute atomic E-state index is 0.368. The largest absolute Gasteiger partial charge is 0.508 e. The first-order valence-corrected chi connectivity index (χ1v) is 8.31. The molecule has 0 saturated heterocycles. The van der Waals surface area contributed by atoms with Crippen LogP contribution in [0.2, 0.25) is 0 Å². The molecule has 2 heteroatoms. The molecule has 0 radical (unpaired) electrons. The van der Waals surface area contributed by atoms with Crippen molar-refractivity contribution in [3.05, 3.63) is 29.8 Å². The monoisotopic (exact) mass is 225 g/mol.